The Labute approximate surface area is 205 Å². The fourth-order valence-electron chi connectivity index (χ4n) is 3.83. The van der Waals surface area contributed by atoms with Crippen LogP contribution in [0.3, 0.4) is 0 Å². The third-order valence-corrected chi connectivity index (χ3v) is 7.82. The van der Waals surface area contributed by atoms with E-state index in [2.05, 4.69) is 36.3 Å². The molecule has 0 aliphatic rings. The number of para-hydroxylation sites is 2. The van der Waals surface area contributed by atoms with Gasteiger partial charge in [-0.15, -0.1) is 21.5 Å². The molecule has 9 heteroatoms. The van der Waals surface area contributed by atoms with Gasteiger partial charge in [0.25, 0.3) is 5.56 Å². The number of nitrogens with zero attached hydrogens (tertiary/aromatic N) is 5. The van der Waals surface area contributed by atoms with Crippen molar-refractivity contribution in [2.75, 3.05) is 7.11 Å². The van der Waals surface area contributed by atoms with Crippen LogP contribution in [0.4, 0.5) is 0 Å². The molecular formula is C25H25N5O2S2. The molecule has 5 aromatic rings. The van der Waals surface area contributed by atoms with Crippen molar-refractivity contribution in [1.82, 2.24) is 24.1 Å². The molecule has 0 amide bonds. The summed E-state index contributed by atoms with van der Waals surface area (Å²) in [4.78, 5) is 18.3. The Kier molecular flexibility index (Phi) is 5.91. The number of thiazole rings is 1. The summed E-state index contributed by atoms with van der Waals surface area (Å²) in [5.41, 5.74) is 2.63. The molecule has 0 bridgehead atoms. The molecule has 0 aliphatic carbocycles. The van der Waals surface area contributed by atoms with Gasteiger partial charge in [0.15, 0.2) is 5.16 Å². The third-order valence-electron chi connectivity index (χ3n) is 5.54. The smallest absolute Gasteiger partial charge is 0.263 e. The van der Waals surface area contributed by atoms with Crippen molar-refractivity contribution < 1.29 is 4.74 Å². The molecule has 174 valence electrons. The van der Waals surface area contributed by atoms with E-state index in [1.54, 1.807) is 34.8 Å². The topological polar surface area (TPSA) is 74.3 Å². The quantitative estimate of drug-likeness (QED) is 0.306. The van der Waals surface area contributed by atoms with Gasteiger partial charge in [0.1, 0.15) is 5.75 Å². The highest BCUT2D eigenvalue weighted by molar-refractivity contribution is 7.98. The molecule has 0 spiro atoms. The minimum Gasteiger partial charge on any atom is -0.496 e. The van der Waals surface area contributed by atoms with Crippen molar-refractivity contribution in [3.05, 3.63) is 80.5 Å². The number of methoxy groups -OCH3 is 1. The van der Waals surface area contributed by atoms with Crippen LogP contribution >= 0.6 is 23.1 Å². The van der Waals surface area contributed by atoms with Crippen molar-refractivity contribution in [2.45, 2.75) is 43.6 Å². The van der Waals surface area contributed by atoms with Crippen molar-refractivity contribution in [2.24, 2.45) is 0 Å². The first-order valence-electron chi connectivity index (χ1n) is 10.9. The molecule has 0 radical (unpaired) electrons. The Bertz CT molecular complexity index is 1540. The van der Waals surface area contributed by atoms with Crippen molar-refractivity contribution in [3.63, 3.8) is 0 Å². The number of hydrogen-bond donors (Lipinski definition) is 0. The Hall–Kier alpha value is -3.17. The summed E-state index contributed by atoms with van der Waals surface area (Å²) in [6, 6.07) is 15.3. The summed E-state index contributed by atoms with van der Waals surface area (Å²) in [5.74, 6) is 1.91. The molecule has 0 aliphatic heterocycles. The summed E-state index contributed by atoms with van der Waals surface area (Å²) < 4.78 is 9.14. The van der Waals surface area contributed by atoms with Crippen LogP contribution in [0.1, 0.15) is 37.0 Å². The highest BCUT2D eigenvalue weighted by atomic mass is 32.2. The SMILES string of the molecule is COc1ccccc1Cn1c(=O)c2ccccc2n2c(SCc3csc(C(C)(C)C)n3)nnc12. The maximum absolute atomic E-state index is 13.5. The second kappa shape index (κ2) is 8.88. The lowest BCUT2D eigenvalue weighted by atomic mass is 9.98. The summed E-state index contributed by atoms with van der Waals surface area (Å²) in [6.07, 6.45) is 0. The van der Waals surface area contributed by atoms with Gasteiger partial charge in [0.05, 0.1) is 35.3 Å². The van der Waals surface area contributed by atoms with E-state index in [9.17, 15) is 4.79 Å². The largest absolute Gasteiger partial charge is 0.496 e. The van der Waals surface area contributed by atoms with Crippen LogP contribution < -0.4 is 10.3 Å². The van der Waals surface area contributed by atoms with Gasteiger partial charge in [0, 0.05) is 22.1 Å². The van der Waals surface area contributed by atoms with Gasteiger partial charge < -0.3 is 4.74 Å². The molecule has 0 atom stereocenters. The van der Waals surface area contributed by atoms with Crippen LogP contribution in [0, 0.1) is 0 Å². The molecule has 0 unspecified atom stereocenters. The number of benzene rings is 2. The zero-order valence-electron chi connectivity index (χ0n) is 19.5. The molecule has 34 heavy (non-hydrogen) atoms. The predicted octanol–water partition coefficient (Wildman–Crippen LogP) is 5.15. The Morgan fingerprint density at radius 1 is 1.06 bits per heavy atom. The van der Waals surface area contributed by atoms with Gasteiger partial charge in [-0.2, -0.15) is 0 Å². The fraction of sp³-hybridized carbons (Fsp3) is 0.280. The van der Waals surface area contributed by atoms with Crippen LogP contribution in [0.2, 0.25) is 0 Å². The molecule has 0 saturated heterocycles. The van der Waals surface area contributed by atoms with Crippen LogP contribution in [0.5, 0.6) is 5.75 Å². The van der Waals surface area contributed by atoms with Gasteiger partial charge in [-0.3, -0.25) is 13.8 Å². The van der Waals surface area contributed by atoms with Crippen molar-refractivity contribution >= 4 is 39.8 Å². The number of fused-ring (bicyclic) bond motifs is 3. The fourth-order valence-corrected chi connectivity index (χ4v) is 5.67. The number of rotatable bonds is 6. The second-order valence-electron chi connectivity index (χ2n) is 9.02. The Balaban J connectivity index is 1.59. The standard InChI is InChI=1S/C25H25N5O2S2/c1-25(2,3)22-26-17(14-33-22)15-34-24-28-27-23-29(13-16-9-5-8-12-20(16)32-4)21(31)18-10-6-7-11-19(18)30(23)24/h5-12,14H,13,15H2,1-4H3. The zero-order valence-corrected chi connectivity index (χ0v) is 21.1. The number of hydrogen-bond acceptors (Lipinski definition) is 7. The van der Waals surface area contributed by atoms with Gasteiger partial charge in [0.2, 0.25) is 5.78 Å². The highest BCUT2D eigenvalue weighted by Gasteiger charge is 2.20. The number of thioether (sulfide) groups is 1. The van der Waals surface area contributed by atoms with Crippen molar-refractivity contribution in [1.29, 1.82) is 0 Å². The van der Waals surface area contributed by atoms with E-state index in [4.69, 9.17) is 9.72 Å². The maximum Gasteiger partial charge on any atom is 0.263 e. The number of ether oxygens (including phenoxy) is 1. The van der Waals surface area contributed by atoms with E-state index in [0.717, 1.165) is 32.7 Å². The molecule has 0 saturated carbocycles. The normalized spacial score (nSPS) is 12.0. The molecule has 2 aromatic carbocycles. The molecule has 3 aromatic heterocycles. The van der Waals surface area contributed by atoms with Crippen LogP contribution in [-0.4, -0.2) is 31.3 Å². The lowest BCUT2D eigenvalue weighted by Crippen LogP contribution is -2.24. The van der Waals surface area contributed by atoms with Crippen LogP contribution in [0.15, 0.2) is 63.9 Å². The molecule has 3 heterocycles. The Morgan fingerprint density at radius 2 is 1.82 bits per heavy atom. The second-order valence-corrected chi connectivity index (χ2v) is 10.8. The predicted molar refractivity (Wildman–Crippen MR) is 137 cm³/mol. The van der Waals surface area contributed by atoms with Crippen LogP contribution in [-0.2, 0) is 17.7 Å². The summed E-state index contributed by atoms with van der Waals surface area (Å²) >= 11 is 3.25. The first-order valence-corrected chi connectivity index (χ1v) is 12.8. The van der Waals surface area contributed by atoms with Gasteiger partial charge in [-0.1, -0.05) is 62.9 Å². The highest BCUT2D eigenvalue weighted by Crippen LogP contribution is 2.29. The lowest BCUT2D eigenvalue weighted by molar-refractivity contribution is 0.408. The first-order chi connectivity index (χ1) is 16.4. The zero-order chi connectivity index (χ0) is 23.9. The minimum absolute atomic E-state index is 0.0277. The molecule has 7 nitrogen and oxygen atoms in total. The van der Waals surface area contributed by atoms with E-state index < -0.39 is 0 Å². The van der Waals surface area contributed by atoms with Gasteiger partial charge >= 0.3 is 0 Å². The van der Waals surface area contributed by atoms with Crippen molar-refractivity contribution in [3.8, 4) is 5.75 Å². The van der Waals surface area contributed by atoms with Gasteiger partial charge in [-0.05, 0) is 18.2 Å². The average molecular weight is 492 g/mol. The molecular weight excluding hydrogens is 466 g/mol. The van der Waals surface area contributed by atoms with Crippen LogP contribution in [0.25, 0.3) is 16.7 Å². The third kappa shape index (κ3) is 4.10. The average Bonchev–Trinajstić information content (AvgIpc) is 3.48. The first kappa shape index (κ1) is 22.6. The Morgan fingerprint density at radius 3 is 2.59 bits per heavy atom. The molecule has 5 rings (SSSR count). The van der Waals surface area contributed by atoms with E-state index in [0.29, 0.717) is 23.5 Å². The summed E-state index contributed by atoms with van der Waals surface area (Å²) in [7, 11) is 1.63. The lowest BCUT2D eigenvalue weighted by Gasteiger charge is -2.13. The molecule has 0 N–H and O–H groups in total. The van der Waals surface area contributed by atoms with E-state index in [1.165, 1.54) is 0 Å². The van der Waals surface area contributed by atoms with E-state index in [1.807, 2.05) is 52.9 Å². The van der Waals surface area contributed by atoms with Gasteiger partial charge in [-0.25, -0.2) is 4.98 Å². The maximum atomic E-state index is 13.5. The number of aromatic nitrogens is 5. The monoisotopic (exact) mass is 491 g/mol. The summed E-state index contributed by atoms with van der Waals surface area (Å²) in [5, 5.41) is 13.5. The van der Waals surface area contributed by atoms with E-state index in [-0.39, 0.29) is 11.0 Å². The minimum atomic E-state index is -0.104. The summed E-state index contributed by atoms with van der Waals surface area (Å²) in [6.45, 7) is 6.84. The molecule has 0 fully saturated rings. The van der Waals surface area contributed by atoms with E-state index >= 15 is 0 Å².